The normalized spacial score (nSPS) is 17.4. The number of hydrogen-bond acceptors (Lipinski definition) is 2. The van der Waals surface area contributed by atoms with Crippen LogP contribution in [-0.2, 0) is 4.79 Å². The zero-order valence-electron chi connectivity index (χ0n) is 5.26. The first kappa shape index (κ1) is 6.93. The van der Waals surface area contributed by atoms with E-state index in [0.717, 1.165) is 18.6 Å². The zero-order chi connectivity index (χ0) is 6.69. The fraction of sp³-hybridized carbons (Fsp3) is 0.833. The van der Waals surface area contributed by atoms with E-state index in [0.29, 0.717) is 12.5 Å². The summed E-state index contributed by atoms with van der Waals surface area (Å²) in [4.78, 5) is 10.8. The molecule has 1 fully saturated rings. The molecule has 0 aromatic heterocycles. The first-order chi connectivity index (χ1) is 4.34. The van der Waals surface area contributed by atoms with Gasteiger partial charge >= 0.3 is 0 Å². The van der Waals surface area contributed by atoms with Crippen LogP contribution in [0.25, 0.3) is 0 Å². The number of amides is 1. The van der Waals surface area contributed by atoms with Gasteiger partial charge in [0.25, 0.3) is 0 Å². The molecule has 0 unspecified atom stereocenters. The lowest BCUT2D eigenvalue weighted by atomic mass is 10.4. The third kappa shape index (κ3) is 2.26. The molecule has 0 saturated heterocycles. The number of carbonyl (C=O) groups excluding carboxylic acids is 1. The van der Waals surface area contributed by atoms with Crippen LogP contribution in [0.3, 0.4) is 0 Å². The average molecular weight is 145 g/mol. The molecule has 1 saturated carbocycles. The summed E-state index contributed by atoms with van der Waals surface area (Å²) in [5.74, 6) is 1.28. The van der Waals surface area contributed by atoms with Crippen molar-refractivity contribution in [3.05, 3.63) is 0 Å². The molecule has 1 amide bonds. The summed E-state index contributed by atoms with van der Waals surface area (Å²) in [7, 11) is 0. The molecule has 0 heterocycles. The Morgan fingerprint density at radius 3 is 2.78 bits per heavy atom. The van der Waals surface area contributed by atoms with Gasteiger partial charge in [-0.05, 0) is 12.8 Å². The highest BCUT2D eigenvalue weighted by molar-refractivity contribution is 7.80. The Hall–Kier alpha value is -0.180. The van der Waals surface area contributed by atoms with E-state index >= 15 is 0 Å². The maximum Gasteiger partial charge on any atom is 0.223 e. The van der Waals surface area contributed by atoms with Crippen LogP contribution in [0.5, 0.6) is 0 Å². The van der Waals surface area contributed by atoms with Crippen molar-refractivity contribution < 1.29 is 4.79 Å². The van der Waals surface area contributed by atoms with Crippen molar-refractivity contribution in [3.8, 4) is 0 Å². The van der Waals surface area contributed by atoms with E-state index in [1.165, 1.54) is 0 Å². The van der Waals surface area contributed by atoms with Crippen LogP contribution < -0.4 is 5.32 Å². The van der Waals surface area contributed by atoms with Crippen molar-refractivity contribution in [1.82, 2.24) is 5.32 Å². The molecule has 2 nitrogen and oxygen atoms in total. The zero-order valence-corrected chi connectivity index (χ0v) is 6.16. The molecule has 1 aliphatic rings. The first-order valence-electron chi connectivity index (χ1n) is 3.23. The molecular weight excluding hydrogens is 134 g/mol. The molecule has 1 N–H and O–H groups in total. The van der Waals surface area contributed by atoms with Crippen LogP contribution in [0.1, 0.15) is 12.8 Å². The summed E-state index contributed by atoms with van der Waals surface area (Å²) in [6.07, 6.45) is 2.16. The summed E-state index contributed by atoms with van der Waals surface area (Å²) in [5.41, 5.74) is 0. The topological polar surface area (TPSA) is 29.1 Å². The van der Waals surface area contributed by atoms with Crippen LogP contribution in [0.15, 0.2) is 0 Å². The molecule has 3 heteroatoms. The molecule has 52 valence electrons. The van der Waals surface area contributed by atoms with Crippen LogP contribution in [0.2, 0.25) is 0 Å². The van der Waals surface area contributed by atoms with Gasteiger partial charge in [0.1, 0.15) is 0 Å². The molecule has 0 aliphatic heterocycles. The predicted molar refractivity (Wildman–Crippen MR) is 39.6 cm³/mol. The number of thiol groups is 1. The summed E-state index contributed by atoms with van der Waals surface area (Å²) in [5, 5.41) is 2.78. The van der Waals surface area contributed by atoms with Gasteiger partial charge in [-0.2, -0.15) is 12.6 Å². The van der Waals surface area contributed by atoms with Gasteiger partial charge < -0.3 is 5.32 Å². The minimum absolute atomic E-state index is 0.212. The minimum atomic E-state index is 0.212. The summed E-state index contributed by atoms with van der Waals surface area (Å²) < 4.78 is 0. The summed E-state index contributed by atoms with van der Waals surface area (Å²) in [6, 6.07) is 0. The lowest BCUT2D eigenvalue weighted by Gasteiger charge is -1.98. The van der Waals surface area contributed by atoms with Crippen LogP contribution in [0.4, 0.5) is 0 Å². The standard InChI is InChI=1S/C6H11NOS/c8-6(5-1-2-5)7-3-4-9/h5,9H,1-4H2,(H,7,8). The molecule has 0 atom stereocenters. The first-order valence-corrected chi connectivity index (χ1v) is 3.86. The van der Waals surface area contributed by atoms with E-state index in [-0.39, 0.29) is 5.91 Å². The predicted octanol–water partition coefficient (Wildman–Crippen LogP) is 0.442. The smallest absolute Gasteiger partial charge is 0.223 e. The molecule has 0 radical (unpaired) electrons. The van der Waals surface area contributed by atoms with Gasteiger partial charge in [0.2, 0.25) is 5.91 Å². The van der Waals surface area contributed by atoms with E-state index < -0.39 is 0 Å². The molecule has 0 bridgehead atoms. The van der Waals surface area contributed by atoms with Gasteiger partial charge in [-0.3, -0.25) is 4.79 Å². The van der Waals surface area contributed by atoms with E-state index in [9.17, 15) is 4.79 Å². The highest BCUT2D eigenvalue weighted by atomic mass is 32.1. The molecule has 9 heavy (non-hydrogen) atoms. The maximum absolute atomic E-state index is 10.8. The van der Waals surface area contributed by atoms with Gasteiger partial charge in [-0.1, -0.05) is 0 Å². The van der Waals surface area contributed by atoms with Crippen LogP contribution >= 0.6 is 12.6 Å². The van der Waals surface area contributed by atoms with Crippen LogP contribution in [0, 0.1) is 5.92 Å². The molecule has 0 spiro atoms. The Bertz CT molecular complexity index is 112. The molecule has 0 aromatic carbocycles. The highest BCUT2D eigenvalue weighted by Crippen LogP contribution is 2.28. The van der Waals surface area contributed by atoms with Crippen molar-refractivity contribution in [3.63, 3.8) is 0 Å². The lowest BCUT2D eigenvalue weighted by molar-refractivity contribution is -0.122. The Morgan fingerprint density at radius 1 is 1.67 bits per heavy atom. The molecular formula is C6H11NOS. The van der Waals surface area contributed by atoms with Gasteiger partial charge in [0.15, 0.2) is 0 Å². The molecule has 1 rings (SSSR count). The number of hydrogen-bond donors (Lipinski definition) is 2. The fourth-order valence-corrected chi connectivity index (χ4v) is 0.781. The van der Waals surface area contributed by atoms with Crippen LogP contribution in [-0.4, -0.2) is 18.2 Å². The van der Waals surface area contributed by atoms with Crippen molar-refractivity contribution in [1.29, 1.82) is 0 Å². The fourth-order valence-electron chi connectivity index (χ4n) is 0.669. The van der Waals surface area contributed by atoms with E-state index in [1.807, 2.05) is 0 Å². The maximum atomic E-state index is 10.8. The minimum Gasteiger partial charge on any atom is -0.355 e. The summed E-state index contributed by atoms with van der Waals surface area (Å²) in [6.45, 7) is 0.707. The molecule has 0 aromatic rings. The van der Waals surface area contributed by atoms with Gasteiger partial charge in [-0.15, -0.1) is 0 Å². The van der Waals surface area contributed by atoms with E-state index in [4.69, 9.17) is 0 Å². The van der Waals surface area contributed by atoms with E-state index in [1.54, 1.807) is 0 Å². The Morgan fingerprint density at radius 2 is 2.33 bits per heavy atom. The SMILES string of the molecule is O=C(NCCS)C1CC1. The van der Waals surface area contributed by atoms with Gasteiger partial charge in [0.05, 0.1) is 0 Å². The monoisotopic (exact) mass is 145 g/mol. The second-order valence-corrected chi connectivity index (χ2v) is 2.74. The summed E-state index contributed by atoms with van der Waals surface area (Å²) >= 11 is 3.97. The third-order valence-electron chi connectivity index (χ3n) is 1.36. The van der Waals surface area contributed by atoms with Crippen molar-refractivity contribution in [2.75, 3.05) is 12.3 Å². The van der Waals surface area contributed by atoms with Crippen molar-refractivity contribution in [2.45, 2.75) is 12.8 Å². The van der Waals surface area contributed by atoms with Gasteiger partial charge in [0, 0.05) is 18.2 Å². The quantitative estimate of drug-likeness (QED) is 0.554. The largest absolute Gasteiger partial charge is 0.355 e. The van der Waals surface area contributed by atoms with E-state index in [2.05, 4.69) is 17.9 Å². The van der Waals surface area contributed by atoms with Crippen molar-refractivity contribution in [2.24, 2.45) is 5.92 Å². The molecule has 1 aliphatic carbocycles. The number of rotatable bonds is 3. The van der Waals surface area contributed by atoms with Gasteiger partial charge in [-0.25, -0.2) is 0 Å². The van der Waals surface area contributed by atoms with Crippen molar-refractivity contribution >= 4 is 18.5 Å². The number of nitrogens with one attached hydrogen (secondary N) is 1. The Balaban J connectivity index is 2.03. The third-order valence-corrected chi connectivity index (χ3v) is 1.58. The number of carbonyl (C=O) groups is 1. The Kier molecular flexibility index (Phi) is 2.39. The Labute approximate surface area is 60.4 Å². The highest BCUT2D eigenvalue weighted by Gasteiger charge is 2.28. The second-order valence-electron chi connectivity index (χ2n) is 2.29. The lowest BCUT2D eigenvalue weighted by Crippen LogP contribution is -2.26. The second kappa shape index (κ2) is 3.11. The average Bonchev–Trinajstić information content (AvgIpc) is 2.63.